The fourth-order valence-electron chi connectivity index (χ4n) is 2.28. The molecule has 134 valence electrons. The zero-order chi connectivity index (χ0) is 18.1. The van der Waals surface area contributed by atoms with Gasteiger partial charge in [0.05, 0.1) is 33.5 Å². The SMILES string of the molecule is COC(=O)c1ccc(OCCC(C)OCc2ccccc2)cc1OC. The molecule has 0 aliphatic carbocycles. The van der Waals surface area contributed by atoms with Crippen molar-refractivity contribution in [3.8, 4) is 11.5 Å². The third kappa shape index (κ3) is 5.80. The second kappa shape index (κ2) is 9.69. The van der Waals surface area contributed by atoms with Gasteiger partial charge in [-0.2, -0.15) is 0 Å². The van der Waals surface area contributed by atoms with Gasteiger partial charge in [0.2, 0.25) is 0 Å². The largest absolute Gasteiger partial charge is 0.496 e. The highest BCUT2D eigenvalue weighted by molar-refractivity contribution is 5.92. The van der Waals surface area contributed by atoms with E-state index < -0.39 is 5.97 Å². The highest BCUT2D eigenvalue weighted by atomic mass is 16.5. The number of ether oxygens (including phenoxy) is 4. The van der Waals surface area contributed by atoms with Crippen molar-refractivity contribution in [2.45, 2.75) is 26.1 Å². The quantitative estimate of drug-likeness (QED) is 0.647. The molecule has 2 aromatic rings. The van der Waals surface area contributed by atoms with Crippen molar-refractivity contribution in [1.29, 1.82) is 0 Å². The first-order valence-corrected chi connectivity index (χ1v) is 8.18. The van der Waals surface area contributed by atoms with Crippen molar-refractivity contribution in [3.63, 3.8) is 0 Å². The van der Waals surface area contributed by atoms with Gasteiger partial charge < -0.3 is 18.9 Å². The predicted octanol–water partition coefficient (Wildman–Crippen LogP) is 3.86. The molecule has 0 radical (unpaired) electrons. The topological polar surface area (TPSA) is 54.0 Å². The molecule has 0 fully saturated rings. The second-order valence-corrected chi connectivity index (χ2v) is 5.60. The number of carbonyl (C=O) groups is 1. The highest BCUT2D eigenvalue weighted by Crippen LogP contribution is 2.25. The standard InChI is InChI=1S/C20H24O5/c1-15(25-14-16-7-5-4-6-8-16)11-12-24-17-9-10-18(20(21)23-3)19(13-17)22-2/h4-10,13,15H,11-12,14H2,1-3H3. The molecule has 0 aliphatic rings. The fraction of sp³-hybridized carbons (Fsp3) is 0.350. The van der Waals surface area contributed by atoms with Gasteiger partial charge in [-0.25, -0.2) is 4.79 Å². The van der Waals surface area contributed by atoms with E-state index in [1.807, 2.05) is 37.3 Å². The van der Waals surface area contributed by atoms with Gasteiger partial charge in [-0.15, -0.1) is 0 Å². The Bertz CT molecular complexity index is 669. The molecule has 0 aliphatic heterocycles. The maximum atomic E-state index is 11.6. The molecule has 0 amide bonds. The molecule has 0 bridgehead atoms. The first-order valence-electron chi connectivity index (χ1n) is 8.18. The summed E-state index contributed by atoms with van der Waals surface area (Å²) in [5.41, 5.74) is 1.52. The van der Waals surface area contributed by atoms with Crippen LogP contribution in [-0.4, -0.2) is 32.9 Å². The zero-order valence-electron chi connectivity index (χ0n) is 14.9. The lowest BCUT2D eigenvalue weighted by Gasteiger charge is -2.14. The summed E-state index contributed by atoms with van der Waals surface area (Å²) in [5, 5.41) is 0. The second-order valence-electron chi connectivity index (χ2n) is 5.60. The number of rotatable bonds is 9. The number of methoxy groups -OCH3 is 2. The normalized spacial score (nSPS) is 11.6. The molecular weight excluding hydrogens is 320 g/mol. The van der Waals surface area contributed by atoms with Crippen LogP contribution in [-0.2, 0) is 16.1 Å². The van der Waals surface area contributed by atoms with Crippen LogP contribution in [0.1, 0.15) is 29.3 Å². The van der Waals surface area contributed by atoms with Crippen LogP contribution in [0.5, 0.6) is 11.5 Å². The number of hydrogen-bond acceptors (Lipinski definition) is 5. The van der Waals surface area contributed by atoms with Crippen LogP contribution in [0.15, 0.2) is 48.5 Å². The first kappa shape index (κ1) is 18.8. The minimum absolute atomic E-state index is 0.0800. The molecule has 0 heterocycles. The van der Waals surface area contributed by atoms with Crippen molar-refractivity contribution in [3.05, 3.63) is 59.7 Å². The van der Waals surface area contributed by atoms with E-state index in [0.717, 1.165) is 12.0 Å². The van der Waals surface area contributed by atoms with Gasteiger partial charge in [0.15, 0.2) is 0 Å². The lowest BCUT2D eigenvalue weighted by molar-refractivity contribution is 0.0386. The summed E-state index contributed by atoms with van der Waals surface area (Å²) in [6.07, 6.45) is 0.838. The van der Waals surface area contributed by atoms with Gasteiger partial charge in [0.25, 0.3) is 0 Å². The Morgan fingerprint density at radius 3 is 2.52 bits per heavy atom. The van der Waals surface area contributed by atoms with Crippen molar-refractivity contribution in [2.75, 3.05) is 20.8 Å². The van der Waals surface area contributed by atoms with E-state index in [9.17, 15) is 4.79 Å². The summed E-state index contributed by atoms with van der Waals surface area (Å²) in [6, 6.07) is 15.1. The van der Waals surface area contributed by atoms with Crippen LogP contribution in [0.4, 0.5) is 0 Å². The van der Waals surface area contributed by atoms with Crippen LogP contribution in [0.3, 0.4) is 0 Å². The zero-order valence-corrected chi connectivity index (χ0v) is 14.9. The Morgan fingerprint density at radius 2 is 1.84 bits per heavy atom. The van der Waals surface area contributed by atoms with Crippen LogP contribution in [0, 0.1) is 0 Å². The third-order valence-electron chi connectivity index (χ3n) is 3.75. The maximum Gasteiger partial charge on any atom is 0.341 e. The minimum atomic E-state index is -0.439. The molecule has 0 aromatic heterocycles. The third-order valence-corrected chi connectivity index (χ3v) is 3.75. The minimum Gasteiger partial charge on any atom is -0.496 e. The summed E-state index contributed by atoms with van der Waals surface area (Å²) in [5.74, 6) is 0.629. The lowest BCUT2D eigenvalue weighted by atomic mass is 10.2. The molecular formula is C20H24O5. The summed E-state index contributed by atoms with van der Waals surface area (Å²) in [7, 11) is 2.84. The van der Waals surface area contributed by atoms with E-state index >= 15 is 0 Å². The summed E-state index contributed by atoms with van der Waals surface area (Å²) in [4.78, 5) is 11.6. The molecule has 25 heavy (non-hydrogen) atoms. The fourth-order valence-corrected chi connectivity index (χ4v) is 2.28. The van der Waals surface area contributed by atoms with Crippen LogP contribution >= 0.6 is 0 Å². The summed E-state index contributed by atoms with van der Waals surface area (Å²) in [6.45, 7) is 3.12. The van der Waals surface area contributed by atoms with Crippen LogP contribution in [0.2, 0.25) is 0 Å². The van der Waals surface area contributed by atoms with Gasteiger partial charge >= 0.3 is 5.97 Å². The Labute approximate surface area is 148 Å². The molecule has 5 nitrogen and oxygen atoms in total. The monoisotopic (exact) mass is 344 g/mol. The Balaban J connectivity index is 1.80. The Morgan fingerprint density at radius 1 is 1.08 bits per heavy atom. The maximum absolute atomic E-state index is 11.6. The van der Waals surface area contributed by atoms with Gasteiger partial charge in [-0.1, -0.05) is 30.3 Å². The van der Waals surface area contributed by atoms with E-state index in [-0.39, 0.29) is 6.10 Å². The summed E-state index contributed by atoms with van der Waals surface area (Å²) < 4.78 is 21.5. The van der Waals surface area contributed by atoms with Gasteiger partial charge in [0, 0.05) is 12.5 Å². The van der Waals surface area contributed by atoms with E-state index in [1.54, 1.807) is 18.2 Å². The van der Waals surface area contributed by atoms with E-state index in [2.05, 4.69) is 0 Å². The highest BCUT2D eigenvalue weighted by Gasteiger charge is 2.13. The predicted molar refractivity (Wildman–Crippen MR) is 95.1 cm³/mol. The van der Waals surface area contributed by atoms with Crippen molar-refractivity contribution in [2.24, 2.45) is 0 Å². The van der Waals surface area contributed by atoms with E-state index in [1.165, 1.54) is 14.2 Å². The van der Waals surface area contributed by atoms with Crippen molar-refractivity contribution in [1.82, 2.24) is 0 Å². The molecule has 0 spiro atoms. The number of carbonyl (C=O) groups excluding carboxylic acids is 1. The Kier molecular flexibility index (Phi) is 7.29. The lowest BCUT2D eigenvalue weighted by Crippen LogP contribution is -2.13. The number of esters is 1. The Hall–Kier alpha value is -2.53. The average molecular weight is 344 g/mol. The van der Waals surface area contributed by atoms with Gasteiger partial charge in [0.1, 0.15) is 17.1 Å². The smallest absolute Gasteiger partial charge is 0.341 e. The number of benzene rings is 2. The van der Waals surface area contributed by atoms with Gasteiger partial charge in [-0.3, -0.25) is 0 Å². The molecule has 0 saturated carbocycles. The van der Waals surface area contributed by atoms with E-state index in [4.69, 9.17) is 18.9 Å². The van der Waals surface area contributed by atoms with Crippen LogP contribution < -0.4 is 9.47 Å². The first-order chi connectivity index (χ1) is 12.1. The van der Waals surface area contributed by atoms with Gasteiger partial charge in [-0.05, 0) is 24.6 Å². The summed E-state index contributed by atoms with van der Waals surface area (Å²) >= 11 is 0. The molecule has 5 heteroatoms. The number of hydrogen-bond donors (Lipinski definition) is 0. The molecule has 2 rings (SSSR count). The molecule has 2 aromatic carbocycles. The van der Waals surface area contributed by atoms with Crippen LogP contribution in [0.25, 0.3) is 0 Å². The molecule has 1 unspecified atom stereocenters. The van der Waals surface area contributed by atoms with Crippen molar-refractivity contribution >= 4 is 5.97 Å². The molecule has 1 atom stereocenters. The van der Waals surface area contributed by atoms with Crippen molar-refractivity contribution < 1.29 is 23.7 Å². The molecule has 0 N–H and O–H groups in total. The van der Waals surface area contributed by atoms with E-state index in [0.29, 0.717) is 30.3 Å². The molecule has 0 saturated heterocycles. The average Bonchev–Trinajstić information content (AvgIpc) is 2.66.